The van der Waals surface area contributed by atoms with Gasteiger partial charge in [-0.2, -0.15) is 0 Å². The number of hydrogen-bond donors (Lipinski definition) is 2. The summed E-state index contributed by atoms with van der Waals surface area (Å²) in [7, 11) is 1.15. The summed E-state index contributed by atoms with van der Waals surface area (Å²) in [6.45, 7) is 2.66. The molecule has 0 heterocycles. The minimum absolute atomic E-state index is 0.826. The molecular formula is C6H12O4. The average Bonchev–Trinajstić information content (AvgIpc) is 1.83. The standard InChI is InChI=1S/C6H12O4/c1-6(2,9)4(7)5(8)10-3/h4,7,9H,1-3H3/t4-/m1/s1. The Morgan fingerprint density at radius 3 is 2.10 bits per heavy atom. The Labute approximate surface area is 59.4 Å². The molecule has 60 valence electrons. The van der Waals surface area contributed by atoms with E-state index in [-0.39, 0.29) is 0 Å². The highest BCUT2D eigenvalue weighted by atomic mass is 16.5. The van der Waals surface area contributed by atoms with E-state index in [9.17, 15) is 4.79 Å². The molecule has 0 aromatic carbocycles. The first kappa shape index (κ1) is 9.39. The highest BCUT2D eigenvalue weighted by Crippen LogP contribution is 2.08. The molecule has 0 aliphatic carbocycles. The number of aliphatic hydroxyl groups is 2. The van der Waals surface area contributed by atoms with E-state index >= 15 is 0 Å². The molecule has 0 saturated carbocycles. The van der Waals surface area contributed by atoms with Crippen LogP contribution >= 0.6 is 0 Å². The van der Waals surface area contributed by atoms with E-state index in [1.165, 1.54) is 13.8 Å². The van der Waals surface area contributed by atoms with Crippen LogP contribution in [0.15, 0.2) is 0 Å². The predicted octanol–water partition coefficient (Wildman–Crippen LogP) is -0.709. The molecule has 0 amide bonds. The molecule has 4 heteroatoms. The molecule has 0 aromatic heterocycles. The molecule has 0 aliphatic rings. The van der Waals surface area contributed by atoms with Crippen molar-refractivity contribution in [2.45, 2.75) is 25.6 Å². The van der Waals surface area contributed by atoms with Gasteiger partial charge in [0.25, 0.3) is 0 Å². The molecule has 0 spiro atoms. The fourth-order valence-electron chi connectivity index (χ4n) is 0.400. The summed E-state index contributed by atoms with van der Waals surface area (Å²) in [5, 5.41) is 18.0. The first-order valence-electron chi connectivity index (χ1n) is 2.88. The second-order valence-corrected chi connectivity index (χ2v) is 2.58. The minimum Gasteiger partial charge on any atom is -0.467 e. The van der Waals surface area contributed by atoms with Crippen molar-refractivity contribution in [1.82, 2.24) is 0 Å². The lowest BCUT2D eigenvalue weighted by molar-refractivity contribution is -0.163. The largest absolute Gasteiger partial charge is 0.467 e. The second-order valence-electron chi connectivity index (χ2n) is 2.58. The van der Waals surface area contributed by atoms with Crippen molar-refractivity contribution < 1.29 is 19.7 Å². The van der Waals surface area contributed by atoms with E-state index in [2.05, 4.69) is 4.74 Å². The zero-order valence-corrected chi connectivity index (χ0v) is 6.29. The van der Waals surface area contributed by atoms with Crippen molar-refractivity contribution >= 4 is 5.97 Å². The Balaban J connectivity index is 4.08. The summed E-state index contributed by atoms with van der Waals surface area (Å²) in [5.41, 5.74) is -1.44. The van der Waals surface area contributed by atoms with E-state index in [4.69, 9.17) is 10.2 Å². The van der Waals surface area contributed by atoms with Crippen molar-refractivity contribution in [3.05, 3.63) is 0 Å². The van der Waals surface area contributed by atoms with Crippen LogP contribution in [0.1, 0.15) is 13.8 Å². The van der Waals surface area contributed by atoms with Crippen LogP contribution in [-0.2, 0) is 9.53 Å². The van der Waals surface area contributed by atoms with Crippen LogP contribution < -0.4 is 0 Å². The van der Waals surface area contributed by atoms with E-state index in [0.717, 1.165) is 7.11 Å². The quantitative estimate of drug-likeness (QED) is 0.508. The van der Waals surface area contributed by atoms with Gasteiger partial charge in [-0.1, -0.05) is 0 Å². The van der Waals surface area contributed by atoms with Crippen molar-refractivity contribution in [2.75, 3.05) is 7.11 Å². The Bertz CT molecular complexity index is 124. The van der Waals surface area contributed by atoms with Crippen LogP contribution in [0.2, 0.25) is 0 Å². The normalized spacial score (nSPS) is 14.5. The van der Waals surface area contributed by atoms with Crippen molar-refractivity contribution in [3.8, 4) is 0 Å². The van der Waals surface area contributed by atoms with E-state index in [1.54, 1.807) is 0 Å². The molecule has 4 nitrogen and oxygen atoms in total. The van der Waals surface area contributed by atoms with Crippen molar-refractivity contribution in [3.63, 3.8) is 0 Å². The lowest BCUT2D eigenvalue weighted by Crippen LogP contribution is -2.42. The second kappa shape index (κ2) is 2.98. The molecule has 0 fully saturated rings. The topological polar surface area (TPSA) is 66.8 Å². The summed E-state index contributed by atoms with van der Waals surface area (Å²) in [5.74, 6) is -0.826. The van der Waals surface area contributed by atoms with E-state index < -0.39 is 17.7 Å². The molecule has 0 bridgehead atoms. The van der Waals surface area contributed by atoms with Crippen LogP contribution in [0.25, 0.3) is 0 Å². The van der Waals surface area contributed by atoms with Crippen LogP contribution in [0.5, 0.6) is 0 Å². The number of hydrogen-bond acceptors (Lipinski definition) is 4. The Morgan fingerprint density at radius 2 is 2.00 bits per heavy atom. The molecule has 0 saturated heterocycles. The van der Waals surface area contributed by atoms with Gasteiger partial charge in [0.05, 0.1) is 12.7 Å². The molecule has 10 heavy (non-hydrogen) atoms. The summed E-state index contributed by atoms with van der Waals surface area (Å²) in [6.07, 6.45) is -1.47. The zero-order chi connectivity index (χ0) is 8.36. The average molecular weight is 148 g/mol. The molecule has 0 aliphatic heterocycles. The van der Waals surface area contributed by atoms with Gasteiger partial charge in [0.15, 0.2) is 6.10 Å². The van der Waals surface area contributed by atoms with Gasteiger partial charge in [-0.15, -0.1) is 0 Å². The highest BCUT2D eigenvalue weighted by molar-refractivity contribution is 5.75. The highest BCUT2D eigenvalue weighted by Gasteiger charge is 2.31. The number of ether oxygens (including phenoxy) is 1. The van der Waals surface area contributed by atoms with Crippen LogP contribution in [0.4, 0.5) is 0 Å². The van der Waals surface area contributed by atoms with Gasteiger partial charge in [0.1, 0.15) is 0 Å². The van der Waals surface area contributed by atoms with Crippen LogP contribution in [0, 0.1) is 0 Å². The Kier molecular flexibility index (Phi) is 2.80. The number of carbonyl (C=O) groups is 1. The first-order valence-corrected chi connectivity index (χ1v) is 2.88. The summed E-state index contributed by atoms with van der Waals surface area (Å²) in [6, 6.07) is 0. The maximum Gasteiger partial charge on any atom is 0.337 e. The van der Waals surface area contributed by atoms with Gasteiger partial charge in [-0.05, 0) is 13.8 Å². The third-order valence-corrected chi connectivity index (χ3v) is 1.09. The number of methoxy groups -OCH3 is 1. The fourth-order valence-corrected chi connectivity index (χ4v) is 0.400. The summed E-state index contributed by atoms with van der Waals surface area (Å²) in [4.78, 5) is 10.5. The molecule has 0 radical (unpaired) electrons. The SMILES string of the molecule is COC(=O)[C@@H](O)C(C)(C)O. The molecule has 0 rings (SSSR count). The number of aliphatic hydroxyl groups excluding tert-OH is 1. The fraction of sp³-hybridized carbons (Fsp3) is 0.833. The minimum atomic E-state index is -1.47. The number of carbonyl (C=O) groups excluding carboxylic acids is 1. The van der Waals surface area contributed by atoms with Gasteiger partial charge < -0.3 is 14.9 Å². The first-order chi connectivity index (χ1) is 4.39. The summed E-state index contributed by atoms with van der Waals surface area (Å²) < 4.78 is 4.19. The van der Waals surface area contributed by atoms with E-state index in [1.807, 2.05) is 0 Å². The van der Waals surface area contributed by atoms with Gasteiger partial charge in [0.2, 0.25) is 0 Å². The molecule has 1 atom stereocenters. The van der Waals surface area contributed by atoms with Gasteiger partial charge >= 0.3 is 5.97 Å². The molecule has 0 aromatic rings. The summed E-state index contributed by atoms with van der Waals surface area (Å²) >= 11 is 0. The van der Waals surface area contributed by atoms with Gasteiger partial charge in [0, 0.05) is 0 Å². The van der Waals surface area contributed by atoms with E-state index in [0.29, 0.717) is 0 Å². The van der Waals surface area contributed by atoms with Crippen molar-refractivity contribution in [2.24, 2.45) is 0 Å². The predicted molar refractivity (Wildman–Crippen MR) is 34.3 cm³/mol. The zero-order valence-electron chi connectivity index (χ0n) is 6.29. The smallest absolute Gasteiger partial charge is 0.337 e. The van der Waals surface area contributed by atoms with Gasteiger partial charge in [-0.3, -0.25) is 0 Å². The van der Waals surface area contributed by atoms with Gasteiger partial charge in [-0.25, -0.2) is 4.79 Å². The maximum absolute atomic E-state index is 10.5. The number of rotatable bonds is 2. The number of esters is 1. The van der Waals surface area contributed by atoms with Crippen LogP contribution in [-0.4, -0.2) is 35.0 Å². The maximum atomic E-state index is 10.5. The molecule has 2 N–H and O–H groups in total. The monoisotopic (exact) mass is 148 g/mol. The van der Waals surface area contributed by atoms with Crippen LogP contribution in [0.3, 0.4) is 0 Å². The Hall–Kier alpha value is -0.610. The Morgan fingerprint density at radius 1 is 1.60 bits per heavy atom. The lowest BCUT2D eigenvalue weighted by atomic mass is 10.0. The third kappa shape index (κ3) is 2.33. The molecular weight excluding hydrogens is 136 g/mol. The lowest BCUT2D eigenvalue weighted by Gasteiger charge is -2.21. The third-order valence-electron chi connectivity index (χ3n) is 1.09. The van der Waals surface area contributed by atoms with Crippen molar-refractivity contribution in [1.29, 1.82) is 0 Å². The molecule has 0 unspecified atom stereocenters.